The van der Waals surface area contributed by atoms with Gasteiger partial charge in [0.2, 0.25) is 0 Å². The van der Waals surface area contributed by atoms with Gasteiger partial charge < -0.3 is 110 Å². The molecule has 9 aromatic rings. The van der Waals surface area contributed by atoms with Crippen LogP contribution in [0, 0.1) is 6.92 Å². The van der Waals surface area contributed by atoms with Crippen molar-refractivity contribution in [1.82, 2.24) is 131 Å². The SMILES string of the molecule is CN1CCC(O)(c2ncc[nH]2)CC1.CN1CCC(O)(c2nccn2C)CC1.CN1CCC(c2nc(C(F)(F)F)cn2C)CC1.CN1CCC(c2nc(Cl)c(Cl)n2C)CC1.CN1CCC(c2ncc(Cl)n2C)CC1.COC1(c2ncc[nH]2)CCN(C)CC1.COC1(c2nccn2C)CCN(C)CC1.COCCn1ccnc1C1CCN(C)CC1.Cc1cn(C)c(C2CCN(C)CC2)n1. The number of ether oxygens (including phenoxy) is 3. The van der Waals surface area contributed by atoms with Crippen LogP contribution in [-0.4, -0.2) is 350 Å². The third-order valence-electron chi connectivity index (χ3n) is 28.3. The van der Waals surface area contributed by atoms with E-state index in [1.165, 1.54) is 80.9 Å². The number of methoxy groups -OCH3 is 3. The fraction of sp³-hybridized carbons (Fsp3) is 0.713. The lowest BCUT2D eigenvalue weighted by molar-refractivity contribution is -0.141. The second-order valence-corrected chi connectivity index (χ2v) is 39.3. The molecule has 32 nitrogen and oxygen atoms in total. The van der Waals surface area contributed by atoms with Gasteiger partial charge in [-0.05, 0) is 251 Å². The summed E-state index contributed by atoms with van der Waals surface area (Å²) in [5, 5.41) is 22.4. The Bertz CT molecular complexity index is 4720. The number of imidazole rings is 9. The number of nitrogens with one attached hydrogen (secondary N) is 2. The molecule has 18 rings (SSSR count). The third kappa shape index (κ3) is 29.8. The summed E-state index contributed by atoms with van der Waals surface area (Å²) in [6.07, 6.45) is 37.6. The normalized spacial score (nSPS) is 20.9. The second kappa shape index (κ2) is 50.4. The van der Waals surface area contributed by atoms with Crippen LogP contribution in [0.2, 0.25) is 15.5 Å². The maximum Gasteiger partial charge on any atom is 0.434 e. The van der Waals surface area contributed by atoms with Crippen molar-refractivity contribution in [1.29, 1.82) is 0 Å². The molecular formula is C94H155Cl3F3N27O5. The van der Waals surface area contributed by atoms with Crippen molar-refractivity contribution >= 4 is 34.8 Å². The van der Waals surface area contributed by atoms with Crippen LogP contribution in [0.25, 0.3) is 0 Å². The molecule has 9 aliphatic rings. The number of aliphatic hydroxyl groups is 2. The minimum absolute atomic E-state index is 0.146. The summed E-state index contributed by atoms with van der Waals surface area (Å²) < 4.78 is 67.9. The summed E-state index contributed by atoms with van der Waals surface area (Å²) in [5.74, 6) is 11.3. The number of hydrogen-bond acceptors (Lipinski definition) is 23. The van der Waals surface area contributed by atoms with Crippen LogP contribution in [0.1, 0.15) is 209 Å². The highest BCUT2D eigenvalue weighted by Crippen LogP contribution is 2.40. The van der Waals surface area contributed by atoms with Crippen molar-refractivity contribution in [2.45, 2.75) is 187 Å². The number of hydrogen-bond donors (Lipinski definition) is 4. The Balaban J connectivity index is 0.000000154. The summed E-state index contributed by atoms with van der Waals surface area (Å²) in [5.41, 5.74) is -1.45. The number of aromatic amines is 2. The number of nitrogens with zero attached hydrogens (tertiary/aromatic N) is 25. The van der Waals surface area contributed by atoms with Gasteiger partial charge in [0.25, 0.3) is 0 Å². The molecule has 0 radical (unpaired) electrons. The largest absolute Gasteiger partial charge is 0.434 e. The van der Waals surface area contributed by atoms with Crippen LogP contribution in [-0.2, 0) is 91.6 Å². The number of piperidine rings is 9. The predicted molar refractivity (Wildman–Crippen MR) is 515 cm³/mol. The van der Waals surface area contributed by atoms with E-state index in [1.807, 2.05) is 79.9 Å². The van der Waals surface area contributed by atoms with E-state index >= 15 is 0 Å². The molecule has 132 heavy (non-hydrogen) atoms. The molecule has 0 spiro atoms. The highest BCUT2D eigenvalue weighted by atomic mass is 35.5. The Morgan fingerprint density at radius 2 is 0.773 bits per heavy atom. The van der Waals surface area contributed by atoms with E-state index in [4.69, 9.17) is 49.0 Å². The van der Waals surface area contributed by atoms with Crippen molar-refractivity contribution in [2.24, 2.45) is 42.3 Å². The monoisotopic (exact) mass is 1900 g/mol. The Kier molecular flexibility index (Phi) is 40.8. The minimum atomic E-state index is -4.35. The number of halogens is 6. The van der Waals surface area contributed by atoms with E-state index in [1.54, 1.807) is 59.4 Å². The van der Waals surface area contributed by atoms with Crippen LogP contribution in [0.15, 0.2) is 80.6 Å². The van der Waals surface area contributed by atoms with Crippen molar-refractivity contribution in [3.05, 3.63) is 160 Å². The van der Waals surface area contributed by atoms with Crippen LogP contribution in [0.5, 0.6) is 0 Å². The first-order valence-electron chi connectivity index (χ1n) is 47.2. The Morgan fingerprint density at radius 3 is 1.14 bits per heavy atom. The number of likely N-dealkylation sites (tertiary alicyclic amines) is 9. The van der Waals surface area contributed by atoms with Crippen molar-refractivity contribution < 1.29 is 37.6 Å². The highest BCUT2D eigenvalue weighted by Gasteiger charge is 2.42. The topological polar surface area (TPSA) is 279 Å². The highest BCUT2D eigenvalue weighted by molar-refractivity contribution is 6.40. The van der Waals surface area contributed by atoms with E-state index in [9.17, 15) is 23.4 Å². The number of aromatic nitrogens is 18. The molecule has 9 aromatic heterocycles. The number of rotatable bonds is 14. The quantitative estimate of drug-likeness (QED) is 0.0787. The molecule has 0 atom stereocenters. The predicted octanol–water partition coefficient (Wildman–Crippen LogP) is 12.2. The molecule has 0 saturated carbocycles. The van der Waals surface area contributed by atoms with Gasteiger partial charge >= 0.3 is 6.18 Å². The lowest BCUT2D eigenvalue weighted by Gasteiger charge is -2.38. The Morgan fingerprint density at radius 1 is 0.394 bits per heavy atom. The van der Waals surface area contributed by atoms with Gasteiger partial charge in [0, 0.05) is 226 Å². The third-order valence-corrected chi connectivity index (χ3v) is 29.4. The van der Waals surface area contributed by atoms with Gasteiger partial charge in [-0.1, -0.05) is 34.8 Å². The first-order valence-corrected chi connectivity index (χ1v) is 48.4. The average Bonchev–Trinajstić information content (AvgIpc) is 1.38. The van der Waals surface area contributed by atoms with Gasteiger partial charge in [-0.3, -0.25) is 0 Å². The van der Waals surface area contributed by atoms with Gasteiger partial charge in [0.15, 0.2) is 10.8 Å². The lowest BCUT2D eigenvalue weighted by atomic mass is 9.90. The second-order valence-electron chi connectivity index (χ2n) is 38.2. The van der Waals surface area contributed by atoms with Crippen LogP contribution in [0.3, 0.4) is 0 Å². The van der Waals surface area contributed by atoms with E-state index in [-0.39, 0.29) is 17.1 Å². The zero-order chi connectivity index (χ0) is 95.7. The van der Waals surface area contributed by atoms with Crippen LogP contribution >= 0.6 is 34.8 Å². The summed E-state index contributed by atoms with van der Waals surface area (Å²) in [6.45, 7) is 22.9. The first-order chi connectivity index (χ1) is 62.9. The zero-order valence-electron chi connectivity index (χ0n) is 82.3. The Hall–Kier alpha value is -7.01. The molecule has 0 amide bonds. The fourth-order valence-electron chi connectivity index (χ4n) is 19.1. The van der Waals surface area contributed by atoms with Gasteiger partial charge in [-0.15, -0.1) is 0 Å². The summed E-state index contributed by atoms with van der Waals surface area (Å²) in [6, 6.07) is 0. The standard InChI is InChI=1S/C12H21N3O.C11H16F3N3.C11H19N3O.C11H19N3.C10H15Cl2N3.C10H16ClN3.2C10H17N3O.C9H15N3O/c1-14-6-3-11(4-7-14)12-13-5-8-15(12)9-10-16-2;1-16-5-3-8(4-6-16)10-15-9(7-17(10)2)11(12,13)14;1-13-7-4-11(15-3,5-8-13)10-12-6-9-14(10)2;1-9-8-14(3)11(12-9)10-4-6-13(2)7-5-10;1-14-5-3-7(4-6-14)10-13-8(11)9(12)15(10)2;1-13-5-3-8(4-6-13)10-12-7-9(11)14(10)2;1-13-7-3-10(14-2,4-8-13)9-11-5-6-12-9;1-12-6-3-10(14,4-7-12)9-11-5-8-13(9)2;1-12-6-2-9(13,3-7-12)8-10-4-5-11-8/h5,8,11H,3-4,6-7,9-10H2,1-2H3;7-8H,3-6H2,1-2H3;6,9H,4-5,7-8H2,1-3H3;8,10H,4-7H2,1-3H3;7H,3-6H2,1-2H3;7-8H,3-6H2,1-2H3;5-6H,3-4,7-8H2,1-2H3,(H,11,12);5,8,14H,3-4,6-7H2,1-2H3;4-5,13H,2-3,6-7H2,1H3,(H,10,11). The molecule has 9 fully saturated rings. The van der Waals surface area contributed by atoms with Gasteiger partial charge in [0.1, 0.15) is 85.1 Å². The molecule has 9 saturated heterocycles. The van der Waals surface area contributed by atoms with Crippen LogP contribution in [0.4, 0.5) is 13.2 Å². The molecule has 18 heterocycles. The summed E-state index contributed by atoms with van der Waals surface area (Å²) in [4.78, 5) is 65.6. The molecule has 738 valence electrons. The number of aryl methyl sites for hydroxylation is 5. The molecule has 9 aliphatic heterocycles. The average molecular weight is 1910 g/mol. The maximum absolute atomic E-state index is 12.5. The molecule has 0 aliphatic carbocycles. The fourth-order valence-corrected chi connectivity index (χ4v) is 19.6. The summed E-state index contributed by atoms with van der Waals surface area (Å²) >= 11 is 17.9. The minimum Gasteiger partial charge on any atom is -0.383 e. The van der Waals surface area contributed by atoms with Crippen LogP contribution < -0.4 is 0 Å². The van der Waals surface area contributed by atoms with E-state index in [0.717, 1.165) is 228 Å². The molecule has 4 N–H and O–H groups in total. The molecular weight excluding hydrogens is 1750 g/mol. The van der Waals surface area contributed by atoms with Gasteiger partial charge in [0.05, 0.1) is 18.5 Å². The zero-order valence-corrected chi connectivity index (χ0v) is 84.6. The lowest BCUT2D eigenvalue weighted by Crippen LogP contribution is -2.43. The summed E-state index contributed by atoms with van der Waals surface area (Å²) in [7, 11) is 36.1. The number of H-pyrrole nitrogens is 2. The van der Waals surface area contributed by atoms with Crippen molar-refractivity contribution in [3.63, 3.8) is 0 Å². The number of alkyl halides is 3. The molecule has 0 bridgehead atoms. The van der Waals surface area contributed by atoms with Gasteiger partial charge in [-0.25, -0.2) is 44.9 Å². The van der Waals surface area contributed by atoms with Gasteiger partial charge in [-0.2, -0.15) is 13.2 Å². The van der Waals surface area contributed by atoms with Crippen molar-refractivity contribution in [2.75, 3.05) is 209 Å². The first kappa shape index (κ1) is 107. The molecule has 0 aromatic carbocycles. The molecule has 38 heteroatoms. The molecule has 0 unspecified atom stereocenters. The smallest absolute Gasteiger partial charge is 0.383 e. The van der Waals surface area contributed by atoms with Crippen molar-refractivity contribution in [3.8, 4) is 0 Å². The van der Waals surface area contributed by atoms with E-state index < -0.39 is 23.1 Å². The van der Waals surface area contributed by atoms with E-state index in [0.29, 0.717) is 45.6 Å². The van der Waals surface area contributed by atoms with E-state index in [2.05, 4.69) is 195 Å². The maximum atomic E-state index is 12.5. The Labute approximate surface area is 797 Å².